The minimum atomic E-state index is -0.564. The number of likely N-dealkylation sites (tertiary alicyclic amines) is 1. The van der Waals surface area contributed by atoms with Crippen molar-refractivity contribution in [2.45, 2.75) is 64.5 Å². The van der Waals surface area contributed by atoms with Gasteiger partial charge >= 0.3 is 0 Å². The molecule has 1 aliphatic heterocycles. The zero-order valence-electron chi connectivity index (χ0n) is 18.8. The molecule has 1 atom stereocenters. The van der Waals surface area contributed by atoms with Gasteiger partial charge in [0.15, 0.2) is 6.10 Å². The maximum absolute atomic E-state index is 12.7. The molecular formula is C26H34N2O3. The molecule has 0 saturated carbocycles. The van der Waals surface area contributed by atoms with Crippen molar-refractivity contribution in [2.24, 2.45) is 0 Å². The van der Waals surface area contributed by atoms with E-state index in [1.807, 2.05) is 47.4 Å². The zero-order chi connectivity index (χ0) is 22.2. The van der Waals surface area contributed by atoms with E-state index in [2.05, 4.69) is 31.3 Å². The minimum Gasteiger partial charge on any atom is -0.481 e. The van der Waals surface area contributed by atoms with E-state index in [1.165, 1.54) is 5.56 Å². The summed E-state index contributed by atoms with van der Waals surface area (Å²) in [7, 11) is 0. The van der Waals surface area contributed by atoms with Crippen LogP contribution in [-0.4, -0.2) is 41.9 Å². The number of carbonyl (C=O) groups is 2. The lowest BCUT2D eigenvalue weighted by Crippen LogP contribution is -2.49. The summed E-state index contributed by atoms with van der Waals surface area (Å²) < 4.78 is 5.97. The van der Waals surface area contributed by atoms with Crippen LogP contribution in [0.15, 0.2) is 54.6 Å². The highest BCUT2D eigenvalue weighted by atomic mass is 16.5. The second kappa shape index (κ2) is 11.0. The van der Waals surface area contributed by atoms with Crippen molar-refractivity contribution in [1.82, 2.24) is 10.2 Å². The van der Waals surface area contributed by atoms with E-state index in [0.29, 0.717) is 25.4 Å². The summed E-state index contributed by atoms with van der Waals surface area (Å²) in [5.74, 6) is 1.18. The van der Waals surface area contributed by atoms with Gasteiger partial charge in [-0.25, -0.2) is 0 Å². The van der Waals surface area contributed by atoms with E-state index >= 15 is 0 Å². The molecule has 1 saturated heterocycles. The lowest BCUT2D eigenvalue weighted by molar-refractivity contribution is -0.132. The Hall–Kier alpha value is -2.82. The molecule has 166 valence electrons. The van der Waals surface area contributed by atoms with E-state index in [1.54, 1.807) is 6.92 Å². The van der Waals surface area contributed by atoms with Crippen molar-refractivity contribution < 1.29 is 14.3 Å². The number of nitrogens with zero attached hydrogens (tertiary/aromatic N) is 1. The Kier molecular flexibility index (Phi) is 8.10. The molecule has 2 aromatic rings. The molecule has 0 spiro atoms. The molecular weight excluding hydrogens is 388 g/mol. The van der Waals surface area contributed by atoms with Gasteiger partial charge in [0.05, 0.1) is 0 Å². The van der Waals surface area contributed by atoms with Crippen molar-refractivity contribution in [3.05, 3.63) is 65.7 Å². The average Bonchev–Trinajstić information content (AvgIpc) is 2.78. The number of nitrogens with one attached hydrogen (secondary N) is 1. The summed E-state index contributed by atoms with van der Waals surface area (Å²) >= 11 is 0. The molecule has 31 heavy (non-hydrogen) atoms. The number of hydrogen-bond donors (Lipinski definition) is 1. The van der Waals surface area contributed by atoms with Gasteiger partial charge in [-0.1, -0.05) is 62.4 Å². The van der Waals surface area contributed by atoms with Gasteiger partial charge in [-0.05, 0) is 49.3 Å². The van der Waals surface area contributed by atoms with Gasteiger partial charge in [-0.15, -0.1) is 0 Å². The Morgan fingerprint density at radius 1 is 1.00 bits per heavy atom. The van der Waals surface area contributed by atoms with E-state index in [0.717, 1.165) is 30.6 Å². The number of para-hydroxylation sites is 1. The second-order valence-corrected chi connectivity index (χ2v) is 8.60. The van der Waals surface area contributed by atoms with E-state index in [-0.39, 0.29) is 17.9 Å². The number of benzene rings is 2. The van der Waals surface area contributed by atoms with Crippen LogP contribution in [-0.2, 0) is 16.0 Å². The first-order valence-electron chi connectivity index (χ1n) is 11.3. The monoisotopic (exact) mass is 422 g/mol. The van der Waals surface area contributed by atoms with Crippen LogP contribution in [0.25, 0.3) is 0 Å². The third-order valence-corrected chi connectivity index (χ3v) is 5.88. The van der Waals surface area contributed by atoms with Crippen LogP contribution in [0.4, 0.5) is 0 Å². The summed E-state index contributed by atoms with van der Waals surface area (Å²) in [4.78, 5) is 27.1. The molecule has 3 rings (SSSR count). The molecule has 1 aliphatic rings. The SMILES string of the molecule is CC(Oc1ccccc1C(C)C)C(=O)NC1CCN(C(=O)CCc2ccccc2)CC1. The van der Waals surface area contributed by atoms with Gasteiger partial charge < -0.3 is 15.0 Å². The number of hydrogen-bond acceptors (Lipinski definition) is 3. The van der Waals surface area contributed by atoms with Crippen molar-refractivity contribution in [3.63, 3.8) is 0 Å². The first-order valence-corrected chi connectivity index (χ1v) is 11.3. The second-order valence-electron chi connectivity index (χ2n) is 8.60. The van der Waals surface area contributed by atoms with Crippen LogP contribution in [0.2, 0.25) is 0 Å². The van der Waals surface area contributed by atoms with Gasteiger partial charge in [0.1, 0.15) is 5.75 Å². The molecule has 0 aliphatic carbocycles. The van der Waals surface area contributed by atoms with Crippen LogP contribution in [0.5, 0.6) is 5.75 Å². The molecule has 0 aromatic heterocycles. The molecule has 1 N–H and O–H groups in total. The fourth-order valence-electron chi connectivity index (χ4n) is 3.95. The standard InChI is InChI=1S/C26H34N2O3/c1-19(2)23-11-7-8-12-24(23)31-20(3)26(30)27-22-15-17-28(18-16-22)25(29)14-13-21-9-5-4-6-10-21/h4-12,19-20,22H,13-18H2,1-3H3,(H,27,30). The summed E-state index contributed by atoms with van der Waals surface area (Å²) in [6.07, 6.45) is 2.28. The highest BCUT2D eigenvalue weighted by Crippen LogP contribution is 2.26. The number of aryl methyl sites for hydroxylation is 1. The van der Waals surface area contributed by atoms with E-state index in [4.69, 9.17) is 4.74 Å². The van der Waals surface area contributed by atoms with Crippen molar-refractivity contribution >= 4 is 11.8 Å². The summed E-state index contributed by atoms with van der Waals surface area (Å²) in [6.45, 7) is 7.38. The van der Waals surface area contributed by atoms with Crippen LogP contribution in [0, 0.1) is 0 Å². The van der Waals surface area contributed by atoms with Crippen LogP contribution >= 0.6 is 0 Å². The fourth-order valence-corrected chi connectivity index (χ4v) is 3.95. The molecule has 5 nitrogen and oxygen atoms in total. The quantitative estimate of drug-likeness (QED) is 0.689. The Balaban J connectivity index is 1.43. The van der Waals surface area contributed by atoms with Gasteiger partial charge in [0.25, 0.3) is 5.91 Å². The maximum Gasteiger partial charge on any atom is 0.260 e. The van der Waals surface area contributed by atoms with Crippen LogP contribution in [0.1, 0.15) is 57.1 Å². The first-order chi connectivity index (χ1) is 14.9. The molecule has 2 amide bonds. The Bertz CT molecular complexity index is 858. The summed E-state index contributed by atoms with van der Waals surface area (Å²) in [5, 5.41) is 3.10. The topological polar surface area (TPSA) is 58.6 Å². The zero-order valence-corrected chi connectivity index (χ0v) is 18.8. The maximum atomic E-state index is 12.7. The average molecular weight is 423 g/mol. The smallest absolute Gasteiger partial charge is 0.260 e. The molecule has 1 unspecified atom stereocenters. The Morgan fingerprint density at radius 2 is 1.65 bits per heavy atom. The fraction of sp³-hybridized carbons (Fsp3) is 0.462. The molecule has 0 bridgehead atoms. The number of carbonyl (C=O) groups excluding carboxylic acids is 2. The number of amides is 2. The predicted molar refractivity (Wildman–Crippen MR) is 123 cm³/mol. The number of rotatable bonds is 8. The Morgan fingerprint density at radius 3 is 2.32 bits per heavy atom. The van der Waals surface area contributed by atoms with Gasteiger partial charge in [-0.2, -0.15) is 0 Å². The highest BCUT2D eigenvalue weighted by Gasteiger charge is 2.26. The van der Waals surface area contributed by atoms with Gasteiger partial charge in [0, 0.05) is 25.6 Å². The molecule has 0 radical (unpaired) electrons. The third-order valence-electron chi connectivity index (χ3n) is 5.88. The van der Waals surface area contributed by atoms with Crippen molar-refractivity contribution in [1.29, 1.82) is 0 Å². The van der Waals surface area contributed by atoms with Crippen molar-refractivity contribution in [2.75, 3.05) is 13.1 Å². The molecule has 1 fully saturated rings. The Labute approximate surface area is 185 Å². The van der Waals surface area contributed by atoms with E-state index < -0.39 is 6.10 Å². The lowest BCUT2D eigenvalue weighted by atomic mass is 10.0. The largest absolute Gasteiger partial charge is 0.481 e. The molecule has 5 heteroatoms. The number of ether oxygens (including phenoxy) is 1. The summed E-state index contributed by atoms with van der Waals surface area (Å²) in [5.41, 5.74) is 2.29. The normalized spacial score (nSPS) is 15.5. The predicted octanol–water partition coefficient (Wildman–Crippen LogP) is 4.32. The van der Waals surface area contributed by atoms with Gasteiger partial charge in [0.2, 0.25) is 5.91 Å². The lowest BCUT2D eigenvalue weighted by Gasteiger charge is -2.33. The molecule has 2 aromatic carbocycles. The van der Waals surface area contributed by atoms with Crippen LogP contribution < -0.4 is 10.1 Å². The van der Waals surface area contributed by atoms with Crippen LogP contribution in [0.3, 0.4) is 0 Å². The van der Waals surface area contributed by atoms with Crippen molar-refractivity contribution in [3.8, 4) is 5.75 Å². The summed E-state index contributed by atoms with van der Waals surface area (Å²) in [6, 6.07) is 18.0. The third kappa shape index (κ3) is 6.58. The molecule has 1 heterocycles. The van der Waals surface area contributed by atoms with Gasteiger partial charge in [-0.3, -0.25) is 9.59 Å². The first kappa shape index (κ1) is 22.9. The minimum absolute atomic E-state index is 0.0806. The van der Waals surface area contributed by atoms with E-state index in [9.17, 15) is 9.59 Å². The highest BCUT2D eigenvalue weighted by molar-refractivity contribution is 5.81. The number of piperidine rings is 1.